The fourth-order valence-corrected chi connectivity index (χ4v) is 2.11. The molecule has 0 spiro atoms. The van der Waals surface area contributed by atoms with Crippen molar-refractivity contribution in [2.45, 2.75) is 20.5 Å². The lowest BCUT2D eigenvalue weighted by molar-refractivity contribution is -0.119. The summed E-state index contributed by atoms with van der Waals surface area (Å²) in [6.45, 7) is 0.539. The number of anilines is 1. The molecule has 0 aromatic heterocycles. The first-order valence-electron chi connectivity index (χ1n) is 7.63. The number of alkyl halides is 2. The number of para-hydroxylation sites is 1. The van der Waals surface area contributed by atoms with Crippen molar-refractivity contribution >= 4 is 17.3 Å². The summed E-state index contributed by atoms with van der Waals surface area (Å²) in [6, 6.07) is 14.0. The number of carbonyl (C=O) groups excluding carboxylic acids is 1. The molecule has 5 nitrogen and oxygen atoms in total. The van der Waals surface area contributed by atoms with Crippen LogP contribution in [0.4, 0.5) is 14.5 Å². The number of aryl methyl sites for hydroxylation is 1. The van der Waals surface area contributed by atoms with Gasteiger partial charge in [0.25, 0.3) is 5.91 Å². The van der Waals surface area contributed by atoms with E-state index in [1.54, 1.807) is 19.1 Å². The van der Waals surface area contributed by atoms with Crippen LogP contribution >= 0.6 is 0 Å². The van der Waals surface area contributed by atoms with Crippen molar-refractivity contribution in [3.8, 4) is 5.75 Å². The van der Waals surface area contributed by atoms with Gasteiger partial charge in [-0.05, 0) is 38.1 Å². The van der Waals surface area contributed by atoms with Crippen molar-refractivity contribution in [3.05, 3.63) is 59.7 Å². The monoisotopic (exact) mass is 347 g/mol. The highest BCUT2D eigenvalue weighted by Crippen LogP contribution is 2.22. The maximum Gasteiger partial charge on any atom is 0.387 e. The van der Waals surface area contributed by atoms with E-state index >= 15 is 0 Å². The van der Waals surface area contributed by atoms with Crippen LogP contribution in [0.15, 0.2) is 53.6 Å². The summed E-state index contributed by atoms with van der Waals surface area (Å²) < 4.78 is 29.5. The van der Waals surface area contributed by atoms with Gasteiger partial charge < -0.3 is 10.1 Å². The second kappa shape index (κ2) is 8.77. The highest BCUT2D eigenvalue weighted by atomic mass is 19.3. The molecule has 25 heavy (non-hydrogen) atoms. The second-order valence-electron chi connectivity index (χ2n) is 5.33. The van der Waals surface area contributed by atoms with E-state index in [0.29, 0.717) is 11.3 Å². The lowest BCUT2D eigenvalue weighted by Gasteiger charge is -2.11. The van der Waals surface area contributed by atoms with Crippen LogP contribution in [0.1, 0.15) is 18.1 Å². The van der Waals surface area contributed by atoms with Gasteiger partial charge in [0.1, 0.15) is 5.75 Å². The number of rotatable bonds is 7. The normalized spacial score (nSPS) is 11.3. The zero-order valence-electron chi connectivity index (χ0n) is 13.9. The van der Waals surface area contributed by atoms with Gasteiger partial charge in [0.2, 0.25) is 0 Å². The summed E-state index contributed by atoms with van der Waals surface area (Å²) in [7, 11) is 0. The lowest BCUT2D eigenvalue weighted by atomic mass is 10.1. The Labute approximate surface area is 144 Å². The first kappa shape index (κ1) is 18.4. The molecule has 0 aliphatic carbocycles. The smallest absolute Gasteiger partial charge is 0.387 e. The van der Waals surface area contributed by atoms with E-state index in [2.05, 4.69) is 20.6 Å². The third-order valence-electron chi connectivity index (χ3n) is 3.32. The fourth-order valence-electron chi connectivity index (χ4n) is 2.11. The van der Waals surface area contributed by atoms with Gasteiger partial charge in [0.15, 0.2) is 0 Å². The summed E-state index contributed by atoms with van der Waals surface area (Å²) in [4.78, 5) is 11.8. The molecule has 2 aromatic rings. The average Bonchev–Trinajstić information content (AvgIpc) is 2.60. The van der Waals surface area contributed by atoms with Crippen molar-refractivity contribution in [1.29, 1.82) is 0 Å². The van der Waals surface area contributed by atoms with Crippen molar-refractivity contribution in [3.63, 3.8) is 0 Å². The van der Waals surface area contributed by atoms with Crippen molar-refractivity contribution < 1.29 is 18.3 Å². The minimum absolute atomic E-state index is 0.0125. The number of carbonyl (C=O) groups is 1. The average molecular weight is 347 g/mol. The van der Waals surface area contributed by atoms with Gasteiger partial charge in [0, 0.05) is 11.3 Å². The highest BCUT2D eigenvalue weighted by Gasteiger charge is 2.12. The Morgan fingerprint density at radius 2 is 1.92 bits per heavy atom. The van der Waals surface area contributed by atoms with Gasteiger partial charge in [-0.1, -0.05) is 29.8 Å². The van der Waals surface area contributed by atoms with E-state index in [9.17, 15) is 13.6 Å². The maximum atomic E-state index is 12.5. The van der Waals surface area contributed by atoms with Crippen LogP contribution in [0.5, 0.6) is 5.75 Å². The van der Waals surface area contributed by atoms with Gasteiger partial charge in [0.05, 0.1) is 12.3 Å². The van der Waals surface area contributed by atoms with E-state index in [0.717, 1.165) is 11.3 Å². The molecule has 2 rings (SSSR count). The molecule has 0 saturated heterocycles. The number of benzene rings is 2. The SMILES string of the molecule is C/C(=N/NC(=O)CNc1ccccc1)c1cc(C)ccc1OC(F)F. The molecule has 0 saturated carbocycles. The summed E-state index contributed by atoms with van der Waals surface area (Å²) in [6.07, 6.45) is 0. The molecular formula is C18H19F2N3O2. The lowest BCUT2D eigenvalue weighted by Crippen LogP contribution is -2.26. The van der Waals surface area contributed by atoms with Gasteiger partial charge in [-0.25, -0.2) is 5.43 Å². The number of nitrogens with one attached hydrogen (secondary N) is 2. The molecule has 1 amide bonds. The Kier molecular flexibility index (Phi) is 6.45. The number of amides is 1. The van der Waals surface area contributed by atoms with Crippen LogP contribution < -0.4 is 15.5 Å². The molecule has 0 aliphatic rings. The fraction of sp³-hybridized carbons (Fsp3) is 0.222. The van der Waals surface area contributed by atoms with E-state index < -0.39 is 6.61 Å². The van der Waals surface area contributed by atoms with Gasteiger partial charge >= 0.3 is 6.61 Å². The maximum absolute atomic E-state index is 12.5. The molecule has 2 aromatic carbocycles. The Balaban J connectivity index is 2.00. The Bertz CT molecular complexity index is 749. The zero-order chi connectivity index (χ0) is 18.2. The molecule has 0 bridgehead atoms. The molecule has 2 N–H and O–H groups in total. The van der Waals surface area contributed by atoms with Crippen LogP contribution in [0.3, 0.4) is 0 Å². The molecule has 0 aliphatic heterocycles. The first-order valence-corrected chi connectivity index (χ1v) is 7.63. The number of nitrogens with zero attached hydrogens (tertiary/aromatic N) is 1. The minimum atomic E-state index is -2.93. The number of halogens is 2. The molecule has 0 atom stereocenters. The number of hydrazone groups is 1. The molecule has 0 unspecified atom stereocenters. The largest absolute Gasteiger partial charge is 0.434 e. The Hall–Kier alpha value is -2.96. The molecule has 0 heterocycles. The topological polar surface area (TPSA) is 62.7 Å². The van der Waals surface area contributed by atoms with Crippen molar-refractivity contribution in [2.75, 3.05) is 11.9 Å². The van der Waals surface area contributed by atoms with Crippen LogP contribution in [0.25, 0.3) is 0 Å². The molecule has 0 radical (unpaired) electrons. The van der Waals surface area contributed by atoms with Gasteiger partial charge in [-0.15, -0.1) is 0 Å². The predicted octanol–water partition coefficient (Wildman–Crippen LogP) is 3.55. The Morgan fingerprint density at radius 1 is 1.20 bits per heavy atom. The number of hydrogen-bond acceptors (Lipinski definition) is 4. The van der Waals surface area contributed by atoms with E-state index in [-0.39, 0.29) is 18.2 Å². The molecule has 132 valence electrons. The van der Waals surface area contributed by atoms with Crippen LogP contribution in [-0.4, -0.2) is 24.8 Å². The summed E-state index contributed by atoms with van der Waals surface area (Å²) >= 11 is 0. The predicted molar refractivity (Wildman–Crippen MR) is 93.1 cm³/mol. The van der Waals surface area contributed by atoms with Crippen molar-refractivity contribution in [2.24, 2.45) is 5.10 Å². The van der Waals surface area contributed by atoms with Crippen molar-refractivity contribution in [1.82, 2.24) is 5.43 Å². The standard InChI is InChI=1S/C18H19F2N3O2/c1-12-8-9-16(25-18(19)20)15(10-12)13(2)22-23-17(24)11-21-14-6-4-3-5-7-14/h3-10,18,21H,11H2,1-2H3,(H,23,24)/b22-13-. The van der Waals surface area contributed by atoms with Gasteiger partial charge in [-0.3, -0.25) is 4.79 Å². The molecular weight excluding hydrogens is 328 g/mol. The second-order valence-corrected chi connectivity index (χ2v) is 5.33. The third kappa shape index (κ3) is 5.87. The van der Waals surface area contributed by atoms with E-state index in [4.69, 9.17) is 0 Å². The van der Waals surface area contributed by atoms with E-state index in [1.807, 2.05) is 37.3 Å². The minimum Gasteiger partial charge on any atom is -0.434 e. The third-order valence-corrected chi connectivity index (χ3v) is 3.32. The number of ether oxygens (including phenoxy) is 1. The summed E-state index contributed by atoms with van der Waals surface area (Å²) in [5, 5.41) is 6.92. The molecule has 0 fully saturated rings. The quantitative estimate of drug-likeness (QED) is 0.595. The van der Waals surface area contributed by atoms with E-state index in [1.165, 1.54) is 6.07 Å². The molecule has 7 heteroatoms. The van der Waals surface area contributed by atoms with Crippen LogP contribution in [0.2, 0.25) is 0 Å². The summed E-state index contributed by atoms with van der Waals surface area (Å²) in [5.41, 5.74) is 4.84. The summed E-state index contributed by atoms with van der Waals surface area (Å²) in [5.74, 6) is -0.342. The first-order chi connectivity index (χ1) is 12.0. The Morgan fingerprint density at radius 3 is 2.60 bits per heavy atom. The van der Waals surface area contributed by atoms with Gasteiger partial charge in [-0.2, -0.15) is 13.9 Å². The highest BCUT2D eigenvalue weighted by molar-refractivity contribution is 6.01. The number of hydrogen-bond donors (Lipinski definition) is 2. The zero-order valence-corrected chi connectivity index (χ0v) is 13.9. The van der Waals surface area contributed by atoms with Crippen LogP contribution in [0, 0.1) is 6.92 Å². The van der Waals surface area contributed by atoms with Crippen LogP contribution in [-0.2, 0) is 4.79 Å².